The lowest BCUT2D eigenvalue weighted by molar-refractivity contribution is 0.506. The van der Waals surface area contributed by atoms with Crippen LogP contribution < -0.4 is 9.80 Å². The van der Waals surface area contributed by atoms with E-state index in [1.165, 1.54) is 11.1 Å². The average Bonchev–Trinajstić information content (AvgIpc) is 3.04. The minimum absolute atomic E-state index is 0.150. The highest BCUT2D eigenvalue weighted by atomic mass is 15.2. The van der Waals surface area contributed by atoms with Crippen LogP contribution in [-0.4, -0.2) is 0 Å². The van der Waals surface area contributed by atoms with Crippen molar-refractivity contribution in [1.82, 2.24) is 0 Å². The second-order valence-corrected chi connectivity index (χ2v) is 12.4. The molecule has 0 aliphatic heterocycles. The van der Waals surface area contributed by atoms with Crippen LogP contribution in [0.25, 0.3) is 0 Å². The number of rotatable bonds is 10. The fourth-order valence-electron chi connectivity index (χ4n) is 5.33. The number of benzene rings is 5. The van der Waals surface area contributed by atoms with Crippen LogP contribution in [0.4, 0.5) is 34.1 Å². The predicted octanol–water partition coefficient (Wildman–Crippen LogP) is 12.0. The monoisotopic (exact) mass is 552 g/mol. The minimum atomic E-state index is 0.150. The molecule has 5 aromatic carbocycles. The fraction of sp³-hybridized carbons (Fsp3) is 0.250. The Hall–Kier alpha value is -4.30. The van der Waals surface area contributed by atoms with Crippen molar-refractivity contribution in [2.45, 2.75) is 65.2 Å². The van der Waals surface area contributed by atoms with Crippen molar-refractivity contribution in [2.75, 3.05) is 9.80 Å². The second-order valence-electron chi connectivity index (χ2n) is 12.4. The van der Waals surface area contributed by atoms with Gasteiger partial charge in [0.1, 0.15) is 0 Å². The van der Waals surface area contributed by atoms with E-state index in [9.17, 15) is 0 Å². The largest absolute Gasteiger partial charge is 0.311 e. The SMILES string of the molecule is CCC(C)(C)c1ccc(N(c2ccc(N(c3ccccc3)c3ccccc3)cc2)c2ccc(C(C)(C)CC)cc2)cc1. The summed E-state index contributed by atoms with van der Waals surface area (Å²) in [6.45, 7) is 13.8. The van der Waals surface area contributed by atoms with Gasteiger partial charge in [0.25, 0.3) is 0 Å². The van der Waals surface area contributed by atoms with Gasteiger partial charge in [-0.3, -0.25) is 0 Å². The van der Waals surface area contributed by atoms with Crippen LogP contribution >= 0.6 is 0 Å². The maximum Gasteiger partial charge on any atom is 0.0463 e. The topological polar surface area (TPSA) is 6.48 Å². The zero-order valence-electron chi connectivity index (χ0n) is 26.0. The molecule has 0 aliphatic carbocycles. The van der Waals surface area contributed by atoms with E-state index in [-0.39, 0.29) is 10.8 Å². The third-order valence-corrected chi connectivity index (χ3v) is 8.98. The first-order chi connectivity index (χ1) is 20.2. The summed E-state index contributed by atoms with van der Waals surface area (Å²) in [7, 11) is 0. The zero-order valence-corrected chi connectivity index (χ0v) is 26.0. The summed E-state index contributed by atoms with van der Waals surface area (Å²) in [6.07, 6.45) is 2.21. The Morgan fingerprint density at radius 3 is 0.857 bits per heavy atom. The van der Waals surface area contributed by atoms with Crippen LogP contribution in [0, 0.1) is 0 Å². The molecule has 0 aliphatic rings. The summed E-state index contributed by atoms with van der Waals surface area (Å²) in [5.74, 6) is 0. The van der Waals surface area contributed by atoms with Gasteiger partial charge in [-0.25, -0.2) is 0 Å². The van der Waals surface area contributed by atoms with Crippen molar-refractivity contribution >= 4 is 34.1 Å². The highest BCUT2D eigenvalue weighted by Gasteiger charge is 2.21. The number of nitrogens with zero attached hydrogens (tertiary/aromatic N) is 2. The van der Waals surface area contributed by atoms with E-state index < -0.39 is 0 Å². The van der Waals surface area contributed by atoms with E-state index in [1.807, 2.05) is 0 Å². The van der Waals surface area contributed by atoms with E-state index in [2.05, 4.69) is 185 Å². The van der Waals surface area contributed by atoms with Gasteiger partial charge >= 0.3 is 0 Å². The molecule has 5 aromatic rings. The molecule has 0 atom stereocenters. The summed E-state index contributed by atoms with van der Waals surface area (Å²) in [6, 6.07) is 48.3. The molecule has 0 N–H and O–H groups in total. The molecule has 0 saturated carbocycles. The van der Waals surface area contributed by atoms with E-state index in [1.54, 1.807) is 0 Å². The van der Waals surface area contributed by atoms with E-state index in [0.717, 1.165) is 47.0 Å². The van der Waals surface area contributed by atoms with Crippen molar-refractivity contribution in [3.63, 3.8) is 0 Å². The van der Waals surface area contributed by atoms with Gasteiger partial charge in [0.15, 0.2) is 0 Å². The normalized spacial score (nSPS) is 11.8. The van der Waals surface area contributed by atoms with E-state index >= 15 is 0 Å². The van der Waals surface area contributed by atoms with Crippen molar-refractivity contribution < 1.29 is 0 Å². The third-order valence-electron chi connectivity index (χ3n) is 8.98. The second kappa shape index (κ2) is 12.3. The molecule has 0 bridgehead atoms. The quantitative estimate of drug-likeness (QED) is 0.170. The summed E-state index contributed by atoms with van der Waals surface area (Å²) >= 11 is 0. The van der Waals surface area contributed by atoms with Gasteiger partial charge < -0.3 is 9.80 Å². The Kier molecular flexibility index (Phi) is 8.54. The van der Waals surface area contributed by atoms with Gasteiger partial charge in [-0.05, 0) is 108 Å². The Morgan fingerprint density at radius 2 is 0.595 bits per heavy atom. The van der Waals surface area contributed by atoms with Crippen molar-refractivity contribution in [3.05, 3.63) is 145 Å². The van der Waals surface area contributed by atoms with Crippen LogP contribution in [0.15, 0.2) is 133 Å². The summed E-state index contributed by atoms with van der Waals surface area (Å²) in [5, 5.41) is 0. The molecule has 2 heteroatoms. The Bertz CT molecular complexity index is 1450. The first-order valence-electron chi connectivity index (χ1n) is 15.2. The lowest BCUT2D eigenvalue weighted by Gasteiger charge is -2.30. The van der Waals surface area contributed by atoms with Crippen LogP contribution in [0.1, 0.15) is 65.5 Å². The number of anilines is 6. The molecule has 214 valence electrons. The Balaban J connectivity index is 1.57. The minimum Gasteiger partial charge on any atom is -0.311 e. The predicted molar refractivity (Wildman–Crippen MR) is 182 cm³/mol. The fourth-order valence-corrected chi connectivity index (χ4v) is 5.33. The number of para-hydroxylation sites is 2. The number of hydrogen-bond acceptors (Lipinski definition) is 2. The first kappa shape index (κ1) is 29.2. The lowest BCUT2D eigenvalue weighted by atomic mass is 9.82. The molecular weight excluding hydrogens is 508 g/mol. The molecule has 2 nitrogen and oxygen atoms in total. The molecule has 0 radical (unpaired) electrons. The zero-order chi connectivity index (χ0) is 29.7. The highest BCUT2D eigenvalue weighted by Crippen LogP contribution is 2.40. The van der Waals surface area contributed by atoms with E-state index in [4.69, 9.17) is 0 Å². The maximum atomic E-state index is 2.37. The average molecular weight is 553 g/mol. The van der Waals surface area contributed by atoms with Crippen LogP contribution in [0.5, 0.6) is 0 Å². The van der Waals surface area contributed by atoms with Gasteiger partial charge in [0, 0.05) is 34.1 Å². The molecule has 5 rings (SSSR count). The molecule has 0 aromatic heterocycles. The Labute approximate surface area is 253 Å². The molecule has 0 spiro atoms. The van der Waals surface area contributed by atoms with Crippen molar-refractivity contribution in [3.8, 4) is 0 Å². The van der Waals surface area contributed by atoms with Crippen LogP contribution in [0.2, 0.25) is 0 Å². The van der Waals surface area contributed by atoms with Gasteiger partial charge in [0.2, 0.25) is 0 Å². The maximum absolute atomic E-state index is 2.37. The van der Waals surface area contributed by atoms with Gasteiger partial charge in [-0.15, -0.1) is 0 Å². The van der Waals surface area contributed by atoms with Crippen molar-refractivity contribution in [2.24, 2.45) is 0 Å². The number of hydrogen-bond donors (Lipinski definition) is 0. The molecule has 0 heterocycles. The van der Waals surface area contributed by atoms with Crippen molar-refractivity contribution in [1.29, 1.82) is 0 Å². The summed E-state index contributed by atoms with van der Waals surface area (Å²) in [4.78, 5) is 4.67. The molecular formula is C40H44N2. The lowest BCUT2D eigenvalue weighted by Crippen LogP contribution is -2.17. The smallest absolute Gasteiger partial charge is 0.0463 e. The molecule has 0 amide bonds. The van der Waals surface area contributed by atoms with Crippen LogP contribution in [-0.2, 0) is 10.8 Å². The highest BCUT2D eigenvalue weighted by molar-refractivity contribution is 5.81. The summed E-state index contributed by atoms with van der Waals surface area (Å²) in [5.41, 5.74) is 9.87. The van der Waals surface area contributed by atoms with E-state index in [0.29, 0.717) is 0 Å². The molecule has 42 heavy (non-hydrogen) atoms. The van der Waals surface area contributed by atoms with Gasteiger partial charge in [0.05, 0.1) is 0 Å². The molecule has 0 fully saturated rings. The molecule has 0 saturated heterocycles. The third kappa shape index (κ3) is 6.14. The standard InChI is InChI=1S/C40H44N2/c1-7-39(3,4)31-19-23-35(24-20-31)42(36-25-21-32(22-26-36)40(5,6)8-2)38-29-27-37(28-30-38)41(33-15-11-9-12-16-33)34-17-13-10-14-18-34/h9-30H,7-8H2,1-6H3. The summed E-state index contributed by atoms with van der Waals surface area (Å²) < 4.78 is 0. The molecule has 0 unspecified atom stereocenters. The van der Waals surface area contributed by atoms with Gasteiger partial charge in [-0.1, -0.05) is 102 Å². The van der Waals surface area contributed by atoms with Gasteiger partial charge in [-0.2, -0.15) is 0 Å². The Morgan fingerprint density at radius 1 is 0.357 bits per heavy atom. The first-order valence-corrected chi connectivity index (χ1v) is 15.2. The van der Waals surface area contributed by atoms with Crippen LogP contribution in [0.3, 0.4) is 0 Å².